The number of hydrogen-bond donors (Lipinski definition) is 2. The van der Waals surface area contributed by atoms with Crippen molar-refractivity contribution in [1.29, 1.82) is 0 Å². The summed E-state index contributed by atoms with van der Waals surface area (Å²) in [6.07, 6.45) is 4.11. The molecular formula is C22H31N5. The SMILES string of the molecule is CN=C(NCc1ncccc1C)NC1CCN(Cc2ccccc2C)CC1. The topological polar surface area (TPSA) is 52.6 Å². The predicted octanol–water partition coefficient (Wildman–Crippen LogP) is 3.03. The van der Waals surface area contributed by atoms with Crippen LogP contribution in [0.5, 0.6) is 0 Å². The number of nitrogens with zero attached hydrogens (tertiary/aromatic N) is 3. The number of pyridine rings is 1. The van der Waals surface area contributed by atoms with Gasteiger partial charge in [-0.25, -0.2) is 0 Å². The number of rotatable bonds is 5. The molecule has 0 spiro atoms. The van der Waals surface area contributed by atoms with Gasteiger partial charge in [-0.1, -0.05) is 30.3 Å². The predicted molar refractivity (Wildman–Crippen MR) is 112 cm³/mol. The Bertz CT molecular complexity index is 763. The van der Waals surface area contributed by atoms with E-state index in [0.717, 1.165) is 44.1 Å². The van der Waals surface area contributed by atoms with Crippen LogP contribution in [0.4, 0.5) is 0 Å². The number of piperidine rings is 1. The zero-order valence-electron chi connectivity index (χ0n) is 16.7. The van der Waals surface area contributed by atoms with Crippen LogP contribution < -0.4 is 10.6 Å². The highest BCUT2D eigenvalue weighted by Crippen LogP contribution is 2.16. The fourth-order valence-electron chi connectivity index (χ4n) is 3.52. The van der Waals surface area contributed by atoms with Gasteiger partial charge in [-0.15, -0.1) is 0 Å². The molecule has 3 rings (SSSR count). The van der Waals surface area contributed by atoms with Crippen molar-refractivity contribution in [2.45, 2.75) is 45.8 Å². The quantitative estimate of drug-likeness (QED) is 0.632. The second-order valence-corrected chi connectivity index (χ2v) is 7.31. The Morgan fingerprint density at radius 2 is 1.85 bits per heavy atom. The van der Waals surface area contributed by atoms with E-state index in [0.29, 0.717) is 12.6 Å². The number of benzene rings is 1. The average molecular weight is 366 g/mol. The van der Waals surface area contributed by atoms with Crippen LogP contribution in [0, 0.1) is 13.8 Å². The van der Waals surface area contributed by atoms with Gasteiger partial charge in [-0.05, 0) is 49.4 Å². The van der Waals surface area contributed by atoms with E-state index in [9.17, 15) is 0 Å². The van der Waals surface area contributed by atoms with Gasteiger partial charge in [0.25, 0.3) is 0 Å². The van der Waals surface area contributed by atoms with Crippen molar-refractivity contribution >= 4 is 5.96 Å². The Hall–Kier alpha value is -2.40. The summed E-state index contributed by atoms with van der Waals surface area (Å²) in [5.74, 6) is 0.859. The summed E-state index contributed by atoms with van der Waals surface area (Å²) >= 11 is 0. The average Bonchev–Trinajstić information content (AvgIpc) is 2.69. The molecule has 1 aromatic heterocycles. The van der Waals surface area contributed by atoms with E-state index < -0.39 is 0 Å². The Morgan fingerprint density at radius 1 is 1.11 bits per heavy atom. The fourth-order valence-corrected chi connectivity index (χ4v) is 3.52. The highest BCUT2D eigenvalue weighted by atomic mass is 15.2. The van der Waals surface area contributed by atoms with Crippen molar-refractivity contribution in [3.8, 4) is 0 Å². The normalized spacial score (nSPS) is 16.3. The minimum Gasteiger partial charge on any atom is -0.354 e. The molecule has 144 valence electrons. The number of hydrogen-bond acceptors (Lipinski definition) is 3. The van der Waals surface area contributed by atoms with Gasteiger partial charge < -0.3 is 10.6 Å². The molecule has 2 heterocycles. The molecule has 0 unspecified atom stereocenters. The number of likely N-dealkylation sites (tertiary alicyclic amines) is 1. The lowest BCUT2D eigenvalue weighted by Crippen LogP contribution is -2.48. The molecule has 1 aromatic carbocycles. The van der Waals surface area contributed by atoms with Crippen LogP contribution in [0.15, 0.2) is 47.6 Å². The first kappa shape index (κ1) is 19.4. The second kappa shape index (κ2) is 9.51. The summed E-state index contributed by atoms with van der Waals surface area (Å²) in [6.45, 7) is 8.25. The standard InChI is InChI=1S/C22H31N5/c1-17-7-4-5-9-19(17)16-27-13-10-20(11-14-27)26-22(23-3)25-15-21-18(2)8-6-12-24-21/h4-9,12,20H,10-11,13-16H2,1-3H3,(H2,23,25,26). The molecule has 0 bridgehead atoms. The van der Waals surface area contributed by atoms with E-state index in [4.69, 9.17) is 0 Å². The maximum absolute atomic E-state index is 4.44. The maximum Gasteiger partial charge on any atom is 0.191 e. The third kappa shape index (κ3) is 5.54. The molecule has 1 aliphatic heterocycles. The van der Waals surface area contributed by atoms with E-state index in [1.165, 1.54) is 16.7 Å². The third-order valence-electron chi connectivity index (χ3n) is 5.35. The van der Waals surface area contributed by atoms with E-state index >= 15 is 0 Å². The summed E-state index contributed by atoms with van der Waals surface area (Å²) in [7, 11) is 1.83. The van der Waals surface area contributed by atoms with E-state index in [2.05, 4.69) is 69.7 Å². The highest BCUT2D eigenvalue weighted by Gasteiger charge is 2.20. The zero-order valence-corrected chi connectivity index (χ0v) is 16.7. The van der Waals surface area contributed by atoms with Gasteiger partial charge in [-0.2, -0.15) is 0 Å². The molecule has 2 N–H and O–H groups in total. The second-order valence-electron chi connectivity index (χ2n) is 7.31. The Balaban J connectivity index is 1.45. The van der Waals surface area contributed by atoms with Crippen molar-refractivity contribution in [2.75, 3.05) is 20.1 Å². The first-order valence-corrected chi connectivity index (χ1v) is 9.80. The maximum atomic E-state index is 4.44. The van der Waals surface area contributed by atoms with Crippen molar-refractivity contribution in [3.05, 3.63) is 65.0 Å². The molecule has 2 aromatic rings. The van der Waals surface area contributed by atoms with Gasteiger partial charge in [-0.3, -0.25) is 14.9 Å². The number of guanidine groups is 1. The van der Waals surface area contributed by atoms with Crippen LogP contribution in [0.25, 0.3) is 0 Å². The van der Waals surface area contributed by atoms with Gasteiger partial charge >= 0.3 is 0 Å². The molecule has 0 aliphatic carbocycles. The van der Waals surface area contributed by atoms with Gasteiger partial charge in [0.05, 0.1) is 12.2 Å². The van der Waals surface area contributed by atoms with E-state index in [1.54, 1.807) is 0 Å². The lowest BCUT2D eigenvalue weighted by Gasteiger charge is -2.33. The summed E-state index contributed by atoms with van der Waals surface area (Å²) in [5, 5.41) is 6.97. The first-order valence-electron chi connectivity index (χ1n) is 9.80. The fraction of sp³-hybridized carbons (Fsp3) is 0.455. The van der Waals surface area contributed by atoms with Crippen LogP contribution in [-0.4, -0.2) is 42.0 Å². The number of nitrogens with one attached hydrogen (secondary N) is 2. The number of aromatic nitrogens is 1. The minimum atomic E-state index is 0.467. The van der Waals surface area contributed by atoms with E-state index in [-0.39, 0.29) is 0 Å². The Kier molecular flexibility index (Phi) is 6.82. The molecule has 0 atom stereocenters. The third-order valence-corrected chi connectivity index (χ3v) is 5.35. The smallest absolute Gasteiger partial charge is 0.191 e. The van der Waals surface area contributed by atoms with Crippen molar-refractivity contribution in [3.63, 3.8) is 0 Å². The number of aryl methyl sites for hydroxylation is 2. The lowest BCUT2D eigenvalue weighted by molar-refractivity contribution is 0.198. The molecule has 5 heteroatoms. The van der Waals surface area contributed by atoms with Crippen molar-refractivity contribution in [1.82, 2.24) is 20.5 Å². The van der Waals surface area contributed by atoms with E-state index in [1.807, 2.05) is 19.3 Å². The molecule has 1 fully saturated rings. The van der Waals surface area contributed by atoms with Crippen LogP contribution in [0.2, 0.25) is 0 Å². The largest absolute Gasteiger partial charge is 0.354 e. The zero-order chi connectivity index (χ0) is 19.1. The molecule has 0 radical (unpaired) electrons. The summed E-state index contributed by atoms with van der Waals surface area (Å²) in [5.41, 5.74) is 5.08. The lowest BCUT2D eigenvalue weighted by atomic mass is 10.0. The molecule has 1 saturated heterocycles. The molecule has 0 saturated carbocycles. The monoisotopic (exact) mass is 365 g/mol. The minimum absolute atomic E-state index is 0.467. The van der Waals surface area contributed by atoms with Gasteiger partial charge in [0.15, 0.2) is 5.96 Å². The molecule has 1 aliphatic rings. The van der Waals surface area contributed by atoms with Crippen molar-refractivity contribution < 1.29 is 0 Å². The van der Waals surface area contributed by atoms with Crippen LogP contribution in [0.3, 0.4) is 0 Å². The highest BCUT2D eigenvalue weighted by molar-refractivity contribution is 5.79. The summed E-state index contributed by atoms with van der Waals surface area (Å²) in [6, 6.07) is 13.2. The van der Waals surface area contributed by atoms with Gasteiger partial charge in [0, 0.05) is 38.9 Å². The van der Waals surface area contributed by atoms with Crippen LogP contribution >= 0.6 is 0 Å². The summed E-state index contributed by atoms with van der Waals surface area (Å²) in [4.78, 5) is 11.4. The van der Waals surface area contributed by atoms with Crippen molar-refractivity contribution in [2.24, 2.45) is 4.99 Å². The van der Waals surface area contributed by atoms with Crippen LogP contribution in [0.1, 0.15) is 35.2 Å². The van der Waals surface area contributed by atoms with Gasteiger partial charge in [0.1, 0.15) is 0 Å². The van der Waals surface area contributed by atoms with Crippen LogP contribution in [-0.2, 0) is 13.1 Å². The van der Waals surface area contributed by atoms with Gasteiger partial charge in [0.2, 0.25) is 0 Å². The number of aliphatic imine (C=N–C) groups is 1. The molecule has 27 heavy (non-hydrogen) atoms. The molecular weight excluding hydrogens is 334 g/mol. The molecule has 0 amide bonds. The summed E-state index contributed by atoms with van der Waals surface area (Å²) < 4.78 is 0. The Labute approximate surface area is 162 Å². The molecule has 5 nitrogen and oxygen atoms in total. The first-order chi connectivity index (χ1) is 13.2. The Morgan fingerprint density at radius 3 is 2.56 bits per heavy atom.